The summed E-state index contributed by atoms with van der Waals surface area (Å²) >= 11 is 0. The fourth-order valence-electron chi connectivity index (χ4n) is 3.10. The van der Waals surface area contributed by atoms with Crippen molar-refractivity contribution in [2.24, 2.45) is 11.8 Å². The smallest absolute Gasteiger partial charge is 0.134 e. The Kier molecular flexibility index (Phi) is 2.92. The number of nitrogens with one attached hydrogen (secondary N) is 1. The second-order valence-electron chi connectivity index (χ2n) is 5.13. The van der Waals surface area contributed by atoms with Gasteiger partial charge in [-0.3, -0.25) is 0 Å². The minimum atomic E-state index is 0. The van der Waals surface area contributed by atoms with Crippen LogP contribution < -0.4 is 5.32 Å². The summed E-state index contributed by atoms with van der Waals surface area (Å²) < 4.78 is 5.93. The molecule has 0 radical (unpaired) electrons. The number of furan rings is 1. The van der Waals surface area contributed by atoms with Crippen LogP contribution in [0.2, 0.25) is 0 Å². The first-order chi connectivity index (χ1) is 8.40. The molecule has 3 heteroatoms. The Labute approximate surface area is 112 Å². The van der Waals surface area contributed by atoms with E-state index >= 15 is 0 Å². The van der Waals surface area contributed by atoms with E-state index in [0.29, 0.717) is 0 Å². The van der Waals surface area contributed by atoms with E-state index in [1.165, 1.54) is 11.0 Å². The summed E-state index contributed by atoms with van der Waals surface area (Å²) in [5.41, 5.74) is 2.40. The molecule has 2 unspecified atom stereocenters. The molecule has 94 valence electrons. The van der Waals surface area contributed by atoms with Crippen molar-refractivity contribution >= 4 is 28.9 Å². The largest absolute Gasteiger partial charge is 0.456 e. The zero-order valence-electron chi connectivity index (χ0n) is 10.1. The Bertz CT molecular complexity index is 568. The van der Waals surface area contributed by atoms with Gasteiger partial charge >= 0.3 is 0 Å². The normalized spacial score (nSPS) is 25.9. The molecule has 0 amide bonds. The summed E-state index contributed by atoms with van der Waals surface area (Å²) in [6, 6.07) is 10.4. The molecule has 0 spiro atoms. The Balaban J connectivity index is 0.000001000. The lowest BCUT2D eigenvalue weighted by atomic mass is 9.99. The molecule has 2 heterocycles. The van der Waals surface area contributed by atoms with Crippen molar-refractivity contribution in [3.63, 3.8) is 0 Å². The molecule has 18 heavy (non-hydrogen) atoms. The number of allylic oxidation sites excluding steroid dienone is 1. The first-order valence-corrected chi connectivity index (χ1v) is 6.30. The highest BCUT2D eigenvalue weighted by molar-refractivity contribution is 5.85. The minimum Gasteiger partial charge on any atom is -0.456 e. The van der Waals surface area contributed by atoms with Crippen LogP contribution in [0, 0.1) is 11.8 Å². The number of halogens is 1. The van der Waals surface area contributed by atoms with Gasteiger partial charge in [0.05, 0.1) is 0 Å². The Morgan fingerprint density at radius 3 is 2.89 bits per heavy atom. The molecule has 4 rings (SSSR count). The summed E-state index contributed by atoms with van der Waals surface area (Å²) in [7, 11) is 0. The Morgan fingerprint density at radius 2 is 2.06 bits per heavy atom. The van der Waals surface area contributed by atoms with Crippen LogP contribution in [-0.2, 0) is 0 Å². The third kappa shape index (κ3) is 1.76. The maximum Gasteiger partial charge on any atom is 0.134 e. The van der Waals surface area contributed by atoms with Crippen LogP contribution in [0.1, 0.15) is 12.2 Å². The van der Waals surface area contributed by atoms with Crippen LogP contribution in [0.25, 0.3) is 16.5 Å². The lowest BCUT2D eigenvalue weighted by Gasteiger charge is -2.04. The van der Waals surface area contributed by atoms with Gasteiger partial charge in [0.15, 0.2) is 0 Å². The van der Waals surface area contributed by atoms with Crippen LogP contribution in [0.15, 0.2) is 40.8 Å². The van der Waals surface area contributed by atoms with Crippen molar-refractivity contribution in [3.8, 4) is 0 Å². The van der Waals surface area contributed by atoms with Gasteiger partial charge in [-0.1, -0.05) is 24.3 Å². The van der Waals surface area contributed by atoms with Crippen molar-refractivity contribution in [1.82, 2.24) is 5.32 Å². The monoisotopic (exact) mass is 261 g/mol. The molecular weight excluding hydrogens is 246 g/mol. The topological polar surface area (TPSA) is 25.2 Å². The maximum absolute atomic E-state index is 5.93. The molecule has 2 atom stereocenters. The lowest BCUT2D eigenvalue weighted by molar-refractivity contribution is 0.531. The highest BCUT2D eigenvalue weighted by Gasteiger charge is 2.32. The lowest BCUT2D eigenvalue weighted by Crippen LogP contribution is -2.09. The molecule has 1 saturated heterocycles. The van der Waals surface area contributed by atoms with E-state index < -0.39 is 0 Å². The molecular formula is C15H16ClNO. The number of hydrogen-bond acceptors (Lipinski definition) is 2. The third-order valence-corrected chi connectivity index (χ3v) is 4.03. The number of fused-ring (bicyclic) bond motifs is 2. The standard InChI is InChI=1S/C15H15NO.ClH/c1-2-4-14-10(3-1)7-15(17-14)11-5-12-8-16-9-13(12)6-11;/h1-5,7,12-13,16H,6,8-9H2;1H. The van der Waals surface area contributed by atoms with Gasteiger partial charge in [-0.2, -0.15) is 0 Å². The fourth-order valence-corrected chi connectivity index (χ4v) is 3.10. The predicted molar refractivity (Wildman–Crippen MR) is 75.9 cm³/mol. The number of hydrogen-bond donors (Lipinski definition) is 1. The van der Waals surface area contributed by atoms with E-state index in [0.717, 1.165) is 42.7 Å². The van der Waals surface area contributed by atoms with Crippen LogP contribution >= 0.6 is 12.4 Å². The van der Waals surface area contributed by atoms with Crippen molar-refractivity contribution in [3.05, 3.63) is 42.2 Å². The molecule has 1 aromatic carbocycles. The van der Waals surface area contributed by atoms with E-state index in [9.17, 15) is 0 Å². The summed E-state index contributed by atoms with van der Waals surface area (Å²) in [4.78, 5) is 0. The molecule has 2 aromatic rings. The van der Waals surface area contributed by atoms with Crippen molar-refractivity contribution in [2.45, 2.75) is 6.42 Å². The quantitative estimate of drug-likeness (QED) is 0.850. The average Bonchev–Trinajstić information content (AvgIpc) is 3.01. The van der Waals surface area contributed by atoms with Crippen LogP contribution in [0.4, 0.5) is 0 Å². The van der Waals surface area contributed by atoms with Gasteiger partial charge in [0.2, 0.25) is 0 Å². The van der Waals surface area contributed by atoms with E-state index in [4.69, 9.17) is 4.42 Å². The van der Waals surface area contributed by atoms with Gasteiger partial charge in [-0.05, 0) is 42.5 Å². The van der Waals surface area contributed by atoms with Gasteiger partial charge in [-0.25, -0.2) is 0 Å². The first-order valence-electron chi connectivity index (χ1n) is 6.30. The maximum atomic E-state index is 5.93. The van der Waals surface area contributed by atoms with Gasteiger partial charge in [-0.15, -0.1) is 12.4 Å². The van der Waals surface area contributed by atoms with Gasteiger partial charge in [0, 0.05) is 11.9 Å². The van der Waals surface area contributed by atoms with E-state index in [1.807, 2.05) is 12.1 Å². The number of benzene rings is 1. The zero-order valence-corrected chi connectivity index (χ0v) is 10.9. The third-order valence-electron chi connectivity index (χ3n) is 4.03. The molecule has 1 N–H and O–H groups in total. The number of para-hydroxylation sites is 1. The predicted octanol–water partition coefficient (Wildman–Crippen LogP) is 3.48. The van der Waals surface area contributed by atoms with Crippen molar-refractivity contribution in [1.29, 1.82) is 0 Å². The SMILES string of the molecule is C1=C(c2cc3ccccc3o2)CC2CNCC12.Cl. The molecule has 2 nitrogen and oxygen atoms in total. The average molecular weight is 262 g/mol. The Hall–Kier alpha value is -1.25. The molecule has 1 aromatic heterocycles. The molecule has 2 aliphatic rings. The van der Waals surface area contributed by atoms with Gasteiger partial charge in [0.1, 0.15) is 11.3 Å². The van der Waals surface area contributed by atoms with Crippen molar-refractivity contribution in [2.75, 3.05) is 13.1 Å². The zero-order chi connectivity index (χ0) is 11.2. The fraction of sp³-hybridized carbons (Fsp3) is 0.333. The van der Waals surface area contributed by atoms with Gasteiger partial charge in [0.25, 0.3) is 0 Å². The summed E-state index contributed by atoms with van der Waals surface area (Å²) in [5, 5.41) is 4.65. The van der Waals surface area contributed by atoms with Gasteiger partial charge < -0.3 is 9.73 Å². The molecule has 1 aliphatic carbocycles. The van der Waals surface area contributed by atoms with E-state index in [-0.39, 0.29) is 12.4 Å². The second kappa shape index (κ2) is 4.45. The van der Waals surface area contributed by atoms with E-state index in [1.54, 1.807) is 0 Å². The first kappa shape index (κ1) is 11.8. The summed E-state index contributed by atoms with van der Waals surface area (Å²) in [5.74, 6) is 2.58. The molecule has 1 fully saturated rings. The highest BCUT2D eigenvalue weighted by Crippen LogP contribution is 2.39. The van der Waals surface area contributed by atoms with Crippen LogP contribution in [0.3, 0.4) is 0 Å². The second-order valence-corrected chi connectivity index (χ2v) is 5.13. The molecule has 0 saturated carbocycles. The molecule has 1 aliphatic heterocycles. The molecule has 0 bridgehead atoms. The highest BCUT2D eigenvalue weighted by atomic mass is 35.5. The van der Waals surface area contributed by atoms with E-state index in [2.05, 4.69) is 29.6 Å². The van der Waals surface area contributed by atoms with Crippen molar-refractivity contribution < 1.29 is 4.42 Å². The summed E-state index contributed by atoms with van der Waals surface area (Å²) in [6.45, 7) is 2.29. The number of rotatable bonds is 1. The Morgan fingerprint density at radius 1 is 1.17 bits per heavy atom. The van der Waals surface area contributed by atoms with Crippen LogP contribution in [-0.4, -0.2) is 13.1 Å². The van der Waals surface area contributed by atoms with Crippen LogP contribution in [0.5, 0.6) is 0 Å². The minimum absolute atomic E-state index is 0. The summed E-state index contributed by atoms with van der Waals surface area (Å²) in [6.07, 6.45) is 3.57.